The van der Waals surface area contributed by atoms with Crippen molar-refractivity contribution in [3.63, 3.8) is 0 Å². The van der Waals surface area contributed by atoms with Crippen molar-refractivity contribution in [1.29, 1.82) is 0 Å². The Balaban J connectivity index is 2.26. The molecule has 0 aliphatic heterocycles. The van der Waals surface area contributed by atoms with Gasteiger partial charge >= 0.3 is 0 Å². The van der Waals surface area contributed by atoms with E-state index in [0.717, 1.165) is 11.8 Å². The maximum absolute atomic E-state index is 11.1. The molecule has 0 fully saturated rings. The topological polar surface area (TPSA) is 35.5 Å². The fourth-order valence-electron chi connectivity index (χ4n) is 1.86. The molecule has 3 nitrogen and oxygen atoms in total. The lowest BCUT2D eigenvalue weighted by Gasteiger charge is -2.14. The maximum Gasteiger partial charge on any atom is 0.172 e. The number of hydrogen-bond donors (Lipinski definition) is 0. The molecule has 0 amide bonds. The molecule has 0 aliphatic rings. The Morgan fingerprint density at radius 2 is 1.86 bits per heavy atom. The zero-order chi connectivity index (χ0) is 15.2. The summed E-state index contributed by atoms with van der Waals surface area (Å²) in [4.78, 5) is 11.1. The summed E-state index contributed by atoms with van der Waals surface area (Å²) in [6, 6.07) is 10.5. The number of ether oxygens (including phenoxy) is 2. The van der Waals surface area contributed by atoms with Gasteiger partial charge in [0.15, 0.2) is 17.8 Å². The summed E-state index contributed by atoms with van der Waals surface area (Å²) >= 11 is 12.1. The van der Waals surface area contributed by atoms with Crippen LogP contribution in [0.1, 0.15) is 22.8 Å². The average Bonchev–Trinajstić information content (AvgIpc) is 2.49. The van der Waals surface area contributed by atoms with Gasteiger partial charge in [-0.05, 0) is 25.1 Å². The van der Waals surface area contributed by atoms with Crippen molar-refractivity contribution in [3.8, 4) is 11.5 Å². The van der Waals surface area contributed by atoms with Crippen LogP contribution in [0.15, 0.2) is 36.4 Å². The molecule has 2 rings (SSSR count). The van der Waals surface area contributed by atoms with E-state index in [4.69, 9.17) is 32.7 Å². The normalized spacial score (nSPS) is 10.2. The molecule has 110 valence electrons. The quantitative estimate of drug-likeness (QED) is 0.717. The van der Waals surface area contributed by atoms with Crippen LogP contribution in [0.2, 0.25) is 10.0 Å². The van der Waals surface area contributed by atoms with Crippen molar-refractivity contribution < 1.29 is 14.3 Å². The minimum atomic E-state index is 0.199. The molecule has 0 radical (unpaired) electrons. The largest absolute Gasteiger partial charge is 0.490 e. The Morgan fingerprint density at radius 3 is 2.57 bits per heavy atom. The number of hydrogen-bond acceptors (Lipinski definition) is 3. The van der Waals surface area contributed by atoms with E-state index in [1.54, 1.807) is 30.3 Å². The predicted molar refractivity (Wildman–Crippen MR) is 83.8 cm³/mol. The molecule has 0 heterocycles. The maximum atomic E-state index is 11.1. The van der Waals surface area contributed by atoms with Crippen molar-refractivity contribution in [2.24, 2.45) is 0 Å². The second kappa shape index (κ2) is 7.34. The minimum Gasteiger partial charge on any atom is -0.490 e. The number of carbonyl (C=O) groups is 1. The van der Waals surface area contributed by atoms with Gasteiger partial charge in [0.25, 0.3) is 0 Å². The molecule has 0 spiro atoms. The standard InChI is InChI=1S/C16H14Cl2O3/c1-2-20-14-8-4-5-11(9-19)16(14)21-10-12-6-3-7-13(17)15(12)18/h3-9H,2,10H2,1H3. The molecule has 0 saturated heterocycles. The summed E-state index contributed by atoms with van der Waals surface area (Å²) in [5.41, 5.74) is 1.17. The molecule has 0 atom stereocenters. The number of carbonyl (C=O) groups excluding carboxylic acids is 1. The summed E-state index contributed by atoms with van der Waals surface area (Å²) < 4.78 is 11.2. The average molecular weight is 325 g/mol. The first-order valence-electron chi connectivity index (χ1n) is 6.44. The molecule has 0 N–H and O–H groups in total. The van der Waals surface area contributed by atoms with Crippen molar-refractivity contribution in [1.82, 2.24) is 0 Å². The molecular formula is C16H14Cl2O3. The Hall–Kier alpha value is -1.71. The Morgan fingerprint density at radius 1 is 1.10 bits per heavy atom. The SMILES string of the molecule is CCOc1cccc(C=O)c1OCc1cccc(Cl)c1Cl. The second-order valence-electron chi connectivity index (χ2n) is 4.23. The first-order chi connectivity index (χ1) is 10.2. The van der Waals surface area contributed by atoms with Gasteiger partial charge in [0.2, 0.25) is 0 Å². The fraction of sp³-hybridized carbons (Fsp3) is 0.188. The first-order valence-corrected chi connectivity index (χ1v) is 7.19. The van der Waals surface area contributed by atoms with Crippen molar-refractivity contribution in [2.45, 2.75) is 13.5 Å². The minimum absolute atomic E-state index is 0.199. The summed E-state index contributed by atoms with van der Waals surface area (Å²) in [5, 5.41) is 0.909. The highest BCUT2D eigenvalue weighted by Crippen LogP contribution is 2.32. The van der Waals surface area contributed by atoms with E-state index in [0.29, 0.717) is 33.7 Å². The molecule has 0 aromatic heterocycles. The van der Waals surface area contributed by atoms with Crippen LogP contribution in [0.25, 0.3) is 0 Å². The van der Waals surface area contributed by atoms with Crippen LogP contribution in [0, 0.1) is 0 Å². The third-order valence-corrected chi connectivity index (χ3v) is 3.70. The van der Waals surface area contributed by atoms with Gasteiger partial charge in [-0.25, -0.2) is 0 Å². The van der Waals surface area contributed by atoms with E-state index >= 15 is 0 Å². The van der Waals surface area contributed by atoms with E-state index in [-0.39, 0.29) is 6.61 Å². The van der Waals surface area contributed by atoms with Gasteiger partial charge < -0.3 is 9.47 Å². The summed E-state index contributed by atoms with van der Waals surface area (Å²) in [7, 11) is 0. The summed E-state index contributed by atoms with van der Waals surface area (Å²) in [6.07, 6.45) is 0.734. The molecule has 2 aromatic rings. The molecule has 0 aliphatic carbocycles. The smallest absolute Gasteiger partial charge is 0.172 e. The first kappa shape index (κ1) is 15.7. The van der Waals surface area contributed by atoms with Gasteiger partial charge in [-0.2, -0.15) is 0 Å². The van der Waals surface area contributed by atoms with Gasteiger partial charge in [-0.1, -0.05) is 41.4 Å². The van der Waals surface area contributed by atoms with E-state index in [9.17, 15) is 4.79 Å². The zero-order valence-electron chi connectivity index (χ0n) is 11.4. The van der Waals surface area contributed by atoms with Crippen molar-refractivity contribution in [2.75, 3.05) is 6.61 Å². The highest BCUT2D eigenvalue weighted by atomic mass is 35.5. The highest BCUT2D eigenvalue weighted by Gasteiger charge is 2.12. The molecule has 0 saturated carbocycles. The fourth-order valence-corrected chi connectivity index (χ4v) is 2.23. The highest BCUT2D eigenvalue weighted by molar-refractivity contribution is 6.42. The van der Waals surface area contributed by atoms with Crippen molar-refractivity contribution >= 4 is 29.5 Å². The van der Waals surface area contributed by atoms with Gasteiger partial charge in [0.1, 0.15) is 6.61 Å². The van der Waals surface area contributed by atoms with Crippen molar-refractivity contribution in [3.05, 3.63) is 57.6 Å². The number of aldehydes is 1. The van der Waals surface area contributed by atoms with E-state index < -0.39 is 0 Å². The van der Waals surface area contributed by atoms with Gasteiger partial charge in [-0.15, -0.1) is 0 Å². The Kier molecular flexibility index (Phi) is 5.48. The second-order valence-corrected chi connectivity index (χ2v) is 5.01. The van der Waals surface area contributed by atoms with Crippen LogP contribution in [-0.2, 0) is 6.61 Å². The van der Waals surface area contributed by atoms with Crippen LogP contribution in [-0.4, -0.2) is 12.9 Å². The molecule has 0 unspecified atom stereocenters. The monoisotopic (exact) mass is 324 g/mol. The third-order valence-electron chi connectivity index (χ3n) is 2.84. The van der Waals surface area contributed by atoms with Crippen LogP contribution >= 0.6 is 23.2 Å². The Bertz CT molecular complexity index is 641. The molecule has 21 heavy (non-hydrogen) atoms. The van der Waals surface area contributed by atoms with Crippen LogP contribution in [0.5, 0.6) is 11.5 Å². The van der Waals surface area contributed by atoms with Gasteiger partial charge in [-0.3, -0.25) is 4.79 Å². The number of para-hydroxylation sites is 1. The van der Waals surface area contributed by atoms with Crippen LogP contribution in [0.3, 0.4) is 0 Å². The lowest BCUT2D eigenvalue weighted by atomic mass is 10.2. The van der Waals surface area contributed by atoms with Crippen LogP contribution in [0.4, 0.5) is 0 Å². The van der Waals surface area contributed by atoms with E-state index in [2.05, 4.69) is 0 Å². The lowest BCUT2D eigenvalue weighted by molar-refractivity contribution is 0.111. The predicted octanol–water partition coefficient (Wildman–Crippen LogP) is 4.78. The lowest BCUT2D eigenvalue weighted by Crippen LogP contribution is -2.02. The summed E-state index contributed by atoms with van der Waals surface area (Å²) in [6.45, 7) is 2.55. The summed E-state index contributed by atoms with van der Waals surface area (Å²) in [5.74, 6) is 0.936. The van der Waals surface area contributed by atoms with Crippen LogP contribution < -0.4 is 9.47 Å². The zero-order valence-corrected chi connectivity index (χ0v) is 12.9. The van der Waals surface area contributed by atoms with E-state index in [1.807, 2.05) is 13.0 Å². The number of rotatable bonds is 6. The third kappa shape index (κ3) is 3.69. The number of halogens is 2. The molecule has 2 aromatic carbocycles. The van der Waals surface area contributed by atoms with Gasteiger partial charge in [0, 0.05) is 5.56 Å². The molecule has 0 bridgehead atoms. The van der Waals surface area contributed by atoms with E-state index in [1.165, 1.54) is 0 Å². The molecular weight excluding hydrogens is 311 g/mol. The number of benzene rings is 2. The molecule has 5 heteroatoms. The van der Waals surface area contributed by atoms with Gasteiger partial charge in [0.05, 0.1) is 22.2 Å². The Labute approximate surface area is 133 Å².